The van der Waals surface area contributed by atoms with Gasteiger partial charge in [0.1, 0.15) is 0 Å². The summed E-state index contributed by atoms with van der Waals surface area (Å²) in [6.07, 6.45) is 0.746. The zero-order valence-electron chi connectivity index (χ0n) is 15.3. The second-order valence-electron chi connectivity index (χ2n) is 6.80. The van der Waals surface area contributed by atoms with Gasteiger partial charge in [-0.25, -0.2) is 8.42 Å². The molecule has 5 nitrogen and oxygen atoms in total. The number of halogens is 1. The van der Waals surface area contributed by atoms with Gasteiger partial charge in [0.15, 0.2) is 0 Å². The summed E-state index contributed by atoms with van der Waals surface area (Å²) in [6.45, 7) is 7.66. The highest BCUT2D eigenvalue weighted by Crippen LogP contribution is 2.24. The Morgan fingerprint density at radius 3 is 2.31 bits per heavy atom. The van der Waals surface area contributed by atoms with Crippen LogP contribution in [0.15, 0.2) is 47.4 Å². The summed E-state index contributed by atoms with van der Waals surface area (Å²) in [6, 6.07) is 11.0. The molecule has 0 aliphatic carbocycles. The molecule has 0 aromatic heterocycles. The number of rotatable bonds is 6. The largest absolute Gasteiger partial charge is 0.347 e. The van der Waals surface area contributed by atoms with Crippen LogP contribution in [0.2, 0.25) is 5.02 Å². The van der Waals surface area contributed by atoms with Crippen molar-refractivity contribution in [3.8, 4) is 0 Å². The van der Waals surface area contributed by atoms with Gasteiger partial charge in [-0.3, -0.25) is 9.52 Å². The van der Waals surface area contributed by atoms with Gasteiger partial charge in [0.2, 0.25) is 0 Å². The molecule has 0 spiro atoms. The Balaban J connectivity index is 2.29. The Morgan fingerprint density at radius 1 is 1.12 bits per heavy atom. The second-order valence-corrected chi connectivity index (χ2v) is 8.89. The molecule has 140 valence electrons. The van der Waals surface area contributed by atoms with E-state index in [4.69, 9.17) is 11.6 Å². The molecule has 0 heterocycles. The van der Waals surface area contributed by atoms with Crippen molar-refractivity contribution in [1.82, 2.24) is 5.32 Å². The summed E-state index contributed by atoms with van der Waals surface area (Å²) in [5, 5.41) is 3.15. The van der Waals surface area contributed by atoms with E-state index in [-0.39, 0.29) is 27.1 Å². The summed E-state index contributed by atoms with van der Waals surface area (Å²) >= 11 is 6.13. The first-order valence-corrected chi connectivity index (χ1v) is 10.1. The van der Waals surface area contributed by atoms with Crippen LogP contribution in [-0.4, -0.2) is 19.9 Å². The van der Waals surface area contributed by atoms with E-state index >= 15 is 0 Å². The molecule has 0 aliphatic rings. The van der Waals surface area contributed by atoms with Gasteiger partial charge < -0.3 is 5.32 Å². The van der Waals surface area contributed by atoms with Gasteiger partial charge in [-0.05, 0) is 57.5 Å². The van der Waals surface area contributed by atoms with E-state index in [0.717, 1.165) is 12.0 Å². The predicted octanol–water partition coefficient (Wildman–Crippen LogP) is 4.37. The molecule has 2 rings (SSSR count). The Kier molecular flexibility index (Phi) is 5.98. The van der Waals surface area contributed by atoms with Crippen molar-refractivity contribution in [2.45, 2.75) is 44.6 Å². The highest BCUT2D eigenvalue weighted by Gasteiger charge is 2.21. The fraction of sp³-hybridized carbons (Fsp3) is 0.316. The summed E-state index contributed by atoms with van der Waals surface area (Å²) in [7, 11) is -3.75. The van der Waals surface area contributed by atoms with E-state index in [0.29, 0.717) is 0 Å². The predicted molar refractivity (Wildman–Crippen MR) is 105 cm³/mol. The molecule has 1 amide bonds. The molecule has 2 N–H and O–H groups in total. The van der Waals surface area contributed by atoms with Crippen LogP contribution in [-0.2, 0) is 10.0 Å². The van der Waals surface area contributed by atoms with Crippen molar-refractivity contribution >= 4 is 33.2 Å². The summed E-state index contributed by atoms with van der Waals surface area (Å²) in [4.78, 5) is 12.6. The molecule has 2 aromatic carbocycles. The average Bonchev–Trinajstić information content (AvgIpc) is 2.56. The fourth-order valence-electron chi connectivity index (χ4n) is 2.16. The van der Waals surface area contributed by atoms with Crippen molar-refractivity contribution in [2.24, 2.45) is 0 Å². The van der Waals surface area contributed by atoms with Crippen LogP contribution in [0.5, 0.6) is 0 Å². The van der Waals surface area contributed by atoms with Crippen LogP contribution in [0.4, 0.5) is 5.69 Å². The third-order valence-electron chi connectivity index (χ3n) is 4.13. The van der Waals surface area contributed by atoms with Gasteiger partial charge in [0.05, 0.1) is 15.5 Å². The first-order valence-electron chi connectivity index (χ1n) is 8.25. The number of sulfonamides is 1. The molecule has 0 fully saturated rings. The topological polar surface area (TPSA) is 75.3 Å². The molecule has 0 bridgehead atoms. The molecule has 0 saturated carbocycles. The van der Waals surface area contributed by atoms with Gasteiger partial charge >= 0.3 is 0 Å². The van der Waals surface area contributed by atoms with Gasteiger partial charge in [-0.2, -0.15) is 0 Å². The molecule has 0 saturated heterocycles. The number of aryl methyl sites for hydroxylation is 1. The SMILES string of the molecule is CCC(C)(C)NC(=O)c1cc(NS(=O)(=O)c2ccc(C)cc2)ccc1Cl. The van der Waals surface area contributed by atoms with Crippen LogP contribution in [0.25, 0.3) is 0 Å². The lowest BCUT2D eigenvalue weighted by Crippen LogP contribution is -2.42. The van der Waals surface area contributed by atoms with Gasteiger partial charge in [-0.15, -0.1) is 0 Å². The van der Waals surface area contributed by atoms with E-state index in [2.05, 4.69) is 10.0 Å². The van der Waals surface area contributed by atoms with Crippen molar-refractivity contribution in [1.29, 1.82) is 0 Å². The van der Waals surface area contributed by atoms with Crippen molar-refractivity contribution in [3.05, 3.63) is 58.6 Å². The number of anilines is 1. The zero-order valence-corrected chi connectivity index (χ0v) is 16.8. The molecule has 0 unspecified atom stereocenters. The van der Waals surface area contributed by atoms with Crippen LogP contribution in [0, 0.1) is 6.92 Å². The Bertz CT molecular complexity index is 907. The summed E-state index contributed by atoms with van der Waals surface area (Å²) in [5.41, 5.74) is 1.07. The molecule has 0 aliphatic heterocycles. The number of hydrogen-bond acceptors (Lipinski definition) is 3. The normalized spacial score (nSPS) is 11.9. The average molecular weight is 395 g/mol. The third-order valence-corrected chi connectivity index (χ3v) is 5.86. The van der Waals surface area contributed by atoms with E-state index in [9.17, 15) is 13.2 Å². The van der Waals surface area contributed by atoms with E-state index in [1.807, 2.05) is 27.7 Å². The lowest BCUT2D eigenvalue weighted by atomic mass is 10.0. The lowest BCUT2D eigenvalue weighted by molar-refractivity contribution is 0.0911. The number of nitrogens with one attached hydrogen (secondary N) is 2. The van der Waals surface area contributed by atoms with Crippen molar-refractivity contribution < 1.29 is 13.2 Å². The Labute approximate surface area is 159 Å². The van der Waals surface area contributed by atoms with Crippen LogP contribution in [0.1, 0.15) is 43.1 Å². The smallest absolute Gasteiger partial charge is 0.261 e. The maximum absolute atomic E-state index is 12.5. The number of hydrogen-bond donors (Lipinski definition) is 2. The van der Waals surface area contributed by atoms with E-state index in [1.54, 1.807) is 12.1 Å². The van der Waals surface area contributed by atoms with Crippen LogP contribution < -0.4 is 10.0 Å². The third kappa shape index (κ3) is 4.99. The number of benzene rings is 2. The molecule has 0 atom stereocenters. The number of carbonyl (C=O) groups is 1. The minimum atomic E-state index is -3.75. The monoisotopic (exact) mass is 394 g/mol. The molecule has 26 heavy (non-hydrogen) atoms. The highest BCUT2D eigenvalue weighted by molar-refractivity contribution is 7.92. The minimum absolute atomic E-state index is 0.149. The molecule has 2 aromatic rings. The maximum atomic E-state index is 12.5. The van der Waals surface area contributed by atoms with Crippen molar-refractivity contribution in [2.75, 3.05) is 4.72 Å². The Morgan fingerprint density at radius 2 is 1.73 bits per heavy atom. The molecule has 0 radical (unpaired) electrons. The van der Waals surface area contributed by atoms with E-state index < -0.39 is 15.6 Å². The minimum Gasteiger partial charge on any atom is -0.347 e. The quantitative estimate of drug-likeness (QED) is 0.763. The highest BCUT2D eigenvalue weighted by atomic mass is 35.5. The maximum Gasteiger partial charge on any atom is 0.261 e. The fourth-order valence-corrected chi connectivity index (χ4v) is 3.41. The van der Waals surface area contributed by atoms with Crippen molar-refractivity contribution in [3.63, 3.8) is 0 Å². The van der Waals surface area contributed by atoms with Crippen LogP contribution >= 0.6 is 11.6 Å². The lowest BCUT2D eigenvalue weighted by Gasteiger charge is -2.24. The first-order chi connectivity index (χ1) is 12.0. The Hall–Kier alpha value is -2.05. The summed E-state index contributed by atoms with van der Waals surface area (Å²) in [5.74, 6) is -0.349. The molecular formula is C19H23ClN2O3S. The standard InChI is InChI=1S/C19H23ClN2O3S/c1-5-19(3,4)21-18(23)16-12-14(8-11-17(16)20)22-26(24,25)15-9-6-13(2)7-10-15/h6-12,22H,5H2,1-4H3,(H,21,23). The second kappa shape index (κ2) is 7.68. The van der Waals surface area contributed by atoms with Gasteiger partial charge in [0, 0.05) is 11.2 Å². The van der Waals surface area contributed by atoms with Gasteiger partial charge in [-0.1, -0.05) is 36.2 Å². The van der Waals surface area contributed by atoms with Crippen LogP contribution in [0.3, 0.4) is 0 Å². The zero-order chi connectivity index (χ0) is 19.5. The van der Waals surface area contributed by atoms with Gasteiger partial charge in [0.25, 0.3) is 15.9 Å². The number of amides is 1. The number of carbonyl (C=O) groups excluding carboxylic acids is 1. The molecule has 7 heteroatoms. The first kappa shape index (κ1) is 20.3. The van der Waals surface area contributed by atoms with E-state index in [1.165, 1.54) is 30.3 Å². The summed E-state index contributed by atoms with van der Waals surface area (Å²) < 4.78 is 27.5. The molecular weight excluding hydrogens is 372 g/mol.